The zero-order valence-corrected chi connectivity index (χ0v) is 18.5. The zero-order valence-electron chi connectivity index (χ0n) is 18.5. The van der Waals surface area contributed by atoms with E-state index in [1.54, 1.807) is 13.3 Å². The van der Waals surface area contributed by atoms with E-state index in [9.17, 15) is 4.79 Å². The molecule has 0 aliphatic heterocycles. The lowest BCUT2D eigenvalue weighted by atomic mass is 10.0. The molecule has 0 aromatic heterocycles. The first kappa shape index (κ1) is 23.3. The molecule has 0 bridgehead atoms. The first-order valence-corrected chi connectivity index (χ1v) is 10.3. The lowest BCUT2D eigenvalue weighted by molar-refractivity contribution is -0.123. The molecule has 0 aliphatic rings. The molecule has 0 aliphatic carbocycles. The smallest absolute Gasteiger partial charge is 0.277 e. The van der Waals surface area contributed by atoms with Crippen LogP contribution in [0.4, 0.5) is 0 Å². The summed E-state index contributed by atoms with van der Waals surface area (Å²) in [5, 5.41) is 4.01. The lowest BCUT2D eigenvalue weighted by Crippen LogP contribution is -2.25. The van der Waals surface area contributed by atoms with Gasteiger partial charge in [0.2, 0.25) is 0 Å². The number of carbonyl (C=O) groups excluding carboxylic acids is 1. The number of amides is 1. The van der Waals surface area contributed by atoms with Gasteiger partial charge in [-0.1, -0.05) is 39.3 Å². The second kappa shape index (κ2) is 11.9. The molecular weight excluding hydrogens is 380 g/mol. The van der Waals surface area contributed by atoms with Gasteiger partial charge in [0.25, 0.3) is 5.91 Å². The molecule has 2 rings (SSSR count). The van der Waals surface area contributed by atoms with Crippen LogP contribution in [0.3, 0.4) is 0 Å². The van der Waals surface area contributed by atoms with Gasteiger partial charge in [-0.15, -0.1) is 0 Å². The molecule has 162 valence electrons. The fourth-order valence-electron chi connectivity index (χ4n) is 2.81. The van der Waals surface area contributed by atoms with Gasteiger partial charge < -0.3 is 14.2 Å². The van der Waals surface area contributed by atoms with E-state index in [-0.39, 0.29) is 12.5 Å². The third-order valence-corrected chi connectivity index (χ3v) is 4.50. The van der Waals surface area contributed by atoms with Crippen molar-refractivity contribution < 1.29 is 19.0 Å². The van der Waals surface area contributed by atoms with Crippen LogP contribution < -0.4 is 19.6 Å². The standard InChI is InChI=1S/C24H32N2O4/c1-6-7-12-29-21-11-9-19(14-23(21)28-5)15-25-26-24(27)16-30-22-13-18(4)8-10-20(22)17(2)3/h8-11,13-15,17H,6-7,12,16H2,1-5H3,(H,26,27)/b25-15-. The molecule has 6 heteroatoms. The highest BCUT2D eigenvalue weighted by Crippen LogP contribution is 2.28. The molecule has 0 saturated heterocycles. The summed E-state index contributed by atoms with van der Waals surface area (Å²) in [6.07, 6.45) is 3.61. The van der Waals surface area contributed by atoms with Crippen molar-refractivity contribution in [3.05, 3.63) is 53.1 Å². The minimum absolute atomic E-state index is 0.103. The minimum Gasteiger partial charge on any atom is -0.493 e. The van der Waals surface area contributed by atoms with Crippen molar-refractivity contribution in [3.63, 3.8) is 0 Å². The Morgan fingerprint density at radius 1 is 1.10 bits per heavy atom. The molecule has 1 amide bonds. The van der Waals surface area contributed by atoms with Gasteiger partial charge in [-0.05, 0) is 60.2 Å². The van der Waals surface area contributed by atoms with Crippen LogP contribution in [-0.4, -0.2) is 32.4 Å². The van der Waals surface area contributed by atoms with E-state index in [4.69, 9.17) is 14.2 Å². The highest BCUT2D eigenvalue weighted by atomic mass is 16.5. The molecule has 0 atom stereocenters. The third kappa shape index (κ3) is 7.10. The molecule has 6 nitrogen and oxygen atoms in total. The normalized spacial score (nSPS) is 11.0. The van der Waals surface area contributed by atoms with Crippen LogP contribution in [0.1, 0.15) is 56.2 Å². The van der Waals surface area contributed by atoms with Gasteiger partial charge in [-0.2, -0.15) is 5.10 Å². The minimum atomic E-state index is -0.325. The summed E-state index contributed by atoms with van der Waals surface area (Å²) >= 11 is 0. The average Bonchev–Trinajstić information content (AvgIpc) is 2.73. The van der Waals surface area contributed by atoms with Crippen LogP contribution in [0.15, 0.2) is 41.5 Å². The van der Waals surface area contributed by atoms with E-state index in [0.717, 1.165) is 35.3 Å². The third-order valence-electron chi connectivity index (χ3n) is 4.50. The molecule has 0 fully saturated rings. The first-order valence-electron chi connectivity index (χ1n) is 10.3. The van der Waals surface area contributed by atoms with Crippen LogP contribution in [0, 0.1) is 6.92 Å². The Morgan fingerprint density at radius 3 is 2.60 bits per heavy atom. The molecule has 0 unspecified atom stereocenters. The largest absolute Gasteiger partial charge is 0.493 e. The van der Waals surface area contributed by atoms with Crippen LogP contribution in [-0.2, 0) is 4.79 Å². The van der Waals surface area contributed by atoms with Gasteiger partial charge in [-0.3, -0.25) is 4.79 Å². The van der Waals surface area contributed by atoms with E-state index in [0.29, 0.717) is 24.0 Å². The number of carbonyl (C=O) groups is 1. The van der Waals surface area contributed by atoms with Crippen molar-refractivity contribution in [2.45, 2.75) is 46.5 Å². The van der Waals surface area contributed by atoms with Crippen LogP contribution in [0.25, 0.3) is 0 Å². The topological polar surface area (TPSA) is 69.2 Å². The highest BCUT2D eigenvalue weighted by molar-refractivity contribution is 5.83. The second-order valence-corrected chi connectivity index (χ2v) is 7.39. The molecule has 1 N–H and O–H groups in total. The maximum Gasteiger partial charge on any atom is 0.277 e. The summed E-state index contributed by atoms with van der Waals surface area (Å²) in [4.78, 5) is 12.1. The number of hydrogen-bond donors (Lipinski definition) is 1. The number of methoxy groups -OCH3 is 1. The summed E-state index contributed by atoms with van der Waals surface area (Å²) in [6.45, 7) is 8.84. The second-order valence-electron chi connectivity index (χ2n) is 7.39. The van der Waals surface area contributed by atoms with Crippen molar-refractivity contribution in [2.75, 3.05) is 20.3 Å². The zero-order chi connectivity index (χ0) is 21.9. The number of ether oxygens (including phenoxy) is 3. The van der Waals surface area contributed by atoms with Crippen molar-refractivity contribution in [2.24, 2.45) is 5.10 Å². The molecule has 0 radical (unpaired) electrons. The first-order chi connectivity index (χ1) is 14.4. The number of hydrogen-bond acceptors (Lipinski definition) is 5. The Kier molecular flexibility index (Phi) is 9.19. The summed E-state index contributed by atoms with van der Waals surface area (Å²) in [7, 11) is 1.60. The molecule has 0 saturated carbocycles. The Bertz CT molecular complexity index is 862. The van der Waals surface area contributed by atoms with Crippen molar-refractivity contribution in [3.8, 4) is 17.2 Å². The Hall–Kier alpha value is -3.02. The fourth-order valence-corrected chi connectivity index (χ4v) is 2.81. The fraction of sp³-hybridized carbons (Fsp3) is 0.417. The average molecular weight is 413 g/mol. The van der Waals surface area contributed by atoms with Crippen LogP contribution in [0.2, 0.25) is 0 Å². The maximum atomic E-state index is 12.1. The van der Waals surface area contributed by atoms with Gasteiger partial charge in [0.1, 0.15) is 5.75 Å². The summed E-state index contributed by atoms with van der Waals surface area (Å²) < 4.78 is 16.8. The number of hydrazone groups is 1. The number of benzene rings is 2. The molecule has 0 spiro atoms. The number of nitrogens with one attached hydrogen (secondary N) is 1. The molecule has 0 heterocycles. The van der Waals surface area contributed by atoms with E-state index in [1.807, 2.05) is 43.3 Å². The Balaban J connectivity index is 1.91. The van der Waals surface area contributed by atoms with E-state index in [1.165, 1.54) is 0 Å². The number of nitrogens with zero attached hydrogens (tertiary/aromatic N) is 1. The van der Waals surface area contributed by atoms with Gasteiger partial charge in [0, 0.05) is 0 Å². The highest BCUT2D eigenvalue weighted by Gasteiger charge is 2.10. The van der Waals surface area contributed by atoms with Crippen molar-refractivity contribution in [1.82, 2.24) is 5.43 Å². The van der Waals surface area contributed by atoms with Crippen LogP contribution >= 0.6 is 0 Å². The molecule has 2 aromatic carbocycles. The monoisotopic (exact) mass is 412 g/mol. The van der Waals surface area contributed by atoms with Crippen molar-refractivity contribution >= 4 is 12.1 Å². The molecule has 30 heavy (non-hydrogen) atoms. The lowest BCUT2D eigenvalue weighted by Gasteiger charge is -2.14. The number of unbranched alkanes of at least 4 members (excludes halogenated alkanes) is 1. The summed E-state index contributed by atoms with van der Waals surface area (Å²) in [6, 6.07) is 11.5. The SMILES string of the molecule is CCCCOc1ccc(/C=N\NC(=O)COc2cc(C)ccc2C(C)C)cc1OC. The van der Waals surface area contributed by atoms with Gasteiger partial charge in [0.05, 0.1) is 19.9 Å². The maximum absolute atomic E-state index is 12.1. The number of aryl methyl sites for hydroxylation is 1. The van der Waals surface area contributed by atoms with Gasteiger partial charge in [-0.25, -0.2) is 5.43 Å². The van der Waals surface area contributed by atoms with Gasteiger partial charge >= 0.3 is 0 Å². The molecular formula is C24H32N2O4. The molecule has 2 aromatic rings. The Morgan fingerprint density at radius 2 is 1.90 bits per heavy atom. The van der Waals surface area contributed by atoms with Crippen LogP contribution in [0.5, 0.6) is 17.2 Å². The predicted molar refractivity (Wildman–Crippen MR) is 120 cm³/mol. The summed E-state index contributed by atoms with van der Waals surface area (Å²) in [5.74, 6) is 2.04. The van der Waals surface area contributed by atoms with Crippen molar-refractivity contribution in [1.29, 1.82) is 0 Å². The van der Waals surface area contributed by atoms with E-state index >= 15 is 0 Å². The van der Waals surface area contributed by atoms with E-state index < -0.39 is 0 Å². The summed E-state index contributed by atoms with van der Waals surface area (Å²) in [5.41, 5.74) is 5.44. The Labute approximate surface area is 179 Å². The van der Waals surface area contributed by atoms with E-state index in [2.05, 4.69) is 31.3 Å². The predicted octanol–water partition coefficient (Wildman–Crippen LogP) is 4.84. The number of rotatable bonds is 11. The quantitative estimate of drug-likeness (QED) is 0.326. The van der Waals surface area contributed by atoms with Gasteiger partial charge in [0.15, 0.2) is 18.1 Å².